The van der Waals surface area contributed by atoms with Crippen LogP contribution in [-0.2, 0) is 6.42 Å². The number of fused-ring (bicyclic) bond motifs is 1. The summed E-state index contributed by atoms with van der Waals surface area (Å²) in [6.07, 6.45) is 6.60. The lowest BCUT2D eigenvalue weighted by molar-refractivity contribution is 0.271. The molecular weight excluding hydrogens is 414 g/mol. The van der Waals surface area contributed by atoms with Crippen LogP contribution < -0.4 is 9.64 Å². The smallest absolute Gasteiger partial charge is 0.119 e. The van der Waals surface area contributed by atoms with Crippen molar-refractivity contribution in [2.75, 3.05) is 24.6 Å². The number of hydrogen-bond acceptors (Lipinski definition) is 2. The van der Waals surface area contributed by atoms with Gasteiger partial charge in [0, 0.05) is 18.8 Å². The molecule has 1 aliphatic rings. The topological polar surface area (TPSA) is 12.5 Å². The highest BCUT2D eigenvalue weighted by atomic mass is 16.5. The third kappa shape index (κ3) is 15.0. The molecule has 0 N–H and O–H groups in total. The second-order valence-electron chi connectivity index (χ2n) is 8.45. The Hall–Kier alpha value is -1.96. The highest BCUT2D eigenvalue weighted by molar-refractivity contribution is 5.56. The molecule has 2 aromatic rings. The summed E-state index contributed by atoms with van der Waals surface area (Å²) in [5, 5.41) is 0. The van der Waals surface area contributed by atoms with Gasteiger partial charge in [0.05, 0.1) is 6.61 Å². The van der Waals surface area contributed by atoms with E-state index < -0.39 is 0 Å². The van der Waals surface area contributed by atoms with Gasteiger partial charge < -0.3 is 9.64 Å². The fourth-order valence-corrected chi connectivity index (χ4v) is 3.49. The Morgan fingerprint density at radius 1 is 0.824 bits per heavy atom. The second-order valence-corrected chi connectivity index (χ2v) is 8.45. The van der Waals surface area contributed by atoms with Gasteiger partial charge >= 0.3 is 0 Å². The highest BCUT2D eigenvalue weighted by Gasteiger charge is 2.15. The molecule has 196 valence electrons. The molecule has 0 bridgehead atoms. The molecule has 2 nitrogen and oxygen atoms in total. The molecule has 0 spiro atoms. The second kappa shape index (κ2) is 22.8. The van der Waals surface area contributed by atoms with Crippen LogP contribution in [0.25, 0.3) is 0 Å². The summed E-state index contributed by atoms with van der Waals surface area (Å²) in [5.41, 5.74) is 5.72. The molecule has 0 aliphatic carbocycles. The maximum absolute atomic E-state index is 5.52. The van der Waals surface area contributed by atoms with E-state index in [-0.39, 0.29) is 0 Å². The van der Waals surface area contributed by atoms with E-state index in [1.807, 2.05) is 53.7 Å². The molecule has 0 fully saturated rings. The third-order valence-electron chi connectivity index (χ3n) is 5.09. The Kier molecular flexibility index (Phi) is 23.0. The summed E-state index contributed by atoms with van der Waals surface area (Å²) < 4.78 is 5.52. The average Bonchev–Trinajstić information content (AvgIpc) is 2.88. The summed E-state index contributed by atoms with van der Waals surface area (Å²) in [4.78, 5) is 2.58. The van der Waals surface area contributed by atoms with E-state index >= 15 is 0 Å². The molecule has 34 heavy (non-hydrogen) atoms. The summed E-state index contributed by atoms with van der Waals surface area (Å²) in [6.45, 7) is 26.1. The Bertz CT molecular complexity index is 691. The first-order valence-corrected chi connectivity index (χ1v) is 14.0. The Morgan fingerprint density at radius 2 is 1.41 bits per heavy atom. The van der Waals surface area contributed by atoms with Crippen molar-refractivity contribution in [3.63, 3.8) is 0 Å². The monoisotopic (exact) mass is 471 g/mol. The van der Waals surface area contributed by atoms with Gasteiger partial charge in [-0.05, 0) is 62.8 Å². The number of rotatable bonds is 7. The predicted molar refractivity (Wildman–Crippen MR) is 157 cm³/mol. The van der Waals surface area contributed by atoms with E-state index in [9.17, 15) is 0 Å². The lowest BCUT2D eigenvalue weighted by Gasteiger charge is -2.31. The van der Waals surface area contributed by atoms with Gasteiger partial charge in [0.1, 0.15) is 5.75 Å². The van der Waals surface area contributed by atoms with Crippen LogP contribution in [0.1, 0.15) is 105 Å². The van der Waals surface area contributed by atoms with Gasteiger partial charge in [-0.3, -0.25) is 0 Å². The first-order chi connectivity index (χ1) is 16.5. The quantitative estimate of drug-likeness (QED) is 0.372. The normalized spacial score (nSPS) is 11.2. The standard InChI is InChI=1S/C15H23N.C11H16O.3C2H6/c1-3-4-5-10-16-11-6-7-14-12-13(2)8-9-15(14)16;1-9(2)8-12-11-6-4-10(3)5-7-11;3*1-2/h8-9,12H,3-7,10-11H2,1-2H3;4-7,9H,8H2,1-3H3;3*1-2H3. The van der Waals surface area contributed by atoms with Gasteiger partial charge in [-0.15, -0.1) is 0 Å². The van der Waals surface area contributed by atoms with Crippen LogP contribution in [0.2, 0.25) is 0 Å². The number of ether oxygens (including phenoxy) is 1. The van der Waals surface area contributed by atoms with E-state index in [1.54, 1.807) is 5.56 Å². The summed E-state index contributed by atoms with van der Waals surface area (Å²) in [6, 6.07) is 15.1. The van der Waals surface area contributed by atoms with E-state index in [2.05, 4.69) is 69.9 Å². The highest BCUT2D eigenvalue weighted by Crippen LogP contribution is 2.28. The van der Waals surface area contributed by atoms with Gasteiger partial charge in [0.25, 0.3) is 0 Å². The molecular formula is C32H57NO. The molecule has 0 saturated carbocycles. The van der Waals surface area contributed by atoms with Crippen LogP contribution in [0.3, 0.4) is 0 Å². The van der Waals surface area contributed by atoms with E-state index in [0.29, 0.717) is 5.92 Å². The zero-order valence-electron chi connectivity index (χ0n) is 24.6. The lowest BCUT2D eigenvalue weighted by atomic mass is 9.99. The zero-order chi connectivity index (χ0) is 26.4. The third-order valence-corrected chi connectivity index (χ3v) is 5.09. The zero-order valence-corrected chi connectivity index (χ0v) is 24.6. The molecule has 1 aliphatic heterocycles. The number of nitrogens with zero attached hydrogens (tertiary/aromatic N) is 1. The van der Waals surface area contributed by atoms with Crippen LogP contribution in [0.4, 0.5) is 5.69 Å². The van der Waals surface area contributed by atoms with E-state index in [4.69, 9.17) is 4.74 Å². The number of anilines is 1. The maximum Gasteiger partial charge on any atom is 0.119 e. The van der Waals surface area contributed by atoms with Crippen LogP contribution in [-0.4, -0.2) is 19.7 Å². The summed E-state index contributed by atoms with van der Waals surface area (Å²) >= 11 is 0. The van der Waals surface area contributed by atoms with Crippen LogP contribution >= 0.6 is 0 Å². The Morgan fingerprint density at radius 3 is 1.97 bits per heavy atom. The number of benzene rings is 2. The molecule has 0 unspecified atom stereocenters. The molecule has 0 atom stereocenters. The lowest BCUT2D eigenvalue weighted by Crippen LogP contribution is -2.30. The summed E-state index contributed by atoms with van der Waals surface area (Å²) in [5.74, 6) is 1.56. The van der Waals surface area contributed by atoms with Gasteiger partial charge in [-0.1, -0.05) is 111 Å². The fraction of sp³-hybridized carbons (Fsp3) is 0.625. The fourth-order valence-electron chi connectivity index (χ4n) is 3.49. The Balaban J connectivity index is 0. The molecule has 0 amide bonds. The predicted octanol–water partition coefficient (Wildman–Crippen LogP) is 10.0. The molecule has 3 rings (SSSR count). The molecule has 2 heteroatoms. The maximum atomic E-state index is 5.52. The molecule has 0 radical (unpaired) electrons. The van der Waals surface area contributed by atoms with Crippen molar-refractivity contribution in [3.8, 4) is 5.75 Å². The van der Waals surface area contributed by atoms with Crippen molar-refractivity contribution in [2.24, 2.45) is 5.92 Å². The van der Waals surface area contributed by atoms with Crippen molar-refractivity contribution < 1.29 is 4.74 Å². The first-order valence-electron chi connectivity index (χ1n) is 14.0. The van der Waals surface area contributed by atoms with Crippen LogP contribution in [0, 0.1) is 19.8 Å². The average molecular weight is 472 g/mol. The molecule has 0 saturated heterocycles. The van der Waals surface area contributed by atoms with Crippen molar-refractivity contribution in [1.29, 1.82) is 0 Å². The molecule has 2 aromatic carbocycles. The number of hydrogen-bond donors (Lipinski definition) is 0. The molecule has 1 heterocycles. The summed E-state index contributed by atoms with van der Waals surface area (Å²) in [7, 11) is 0. The van der Waals surface area contributed by atoms with E-state index in [0.717, 1.165) is 12.4 Å². The van der Waals surface area contributed by atoms with Gasteiger partial charge in [0.15, 0.2) is 0 Å². The Labute approximate surface area is 214 Å². The van der Waals surface area contributed by atoms with Gasteiger partial charge in [-0.25, -0.2) is 0 Å². The SMILES string of the molecule is CC.CC.CC.CCCCCN1CCCc2cc(C)ccc21.Cc1ccc(OCC(C)C)cc1. The minimum Gasteiger partial charge on any atom is -0.493 e. The van der Waals surface area contributed by atoms with Crippen molar-refractivity contribution >= 4 is 5.69 Å². The number of unbranched alkanes of at least 4 members (excludes halogenated alkanes) is 2. The van der Waals surface area contributed by atoms with Gasteiger partial charge in [0.2, 0.25) is 0 Å². The van der Waals surface area contributed by atoms with Crippen LogP contribution in [0.5, 0.6) is 5.75 Å². The van der Waals surface area contributed by atoms with Crippen molar-refractivity contribution in [1.82, 2.24) is 0 Å². The van der Waals surface area contributed by atoms with Gasteiger partial charge in [-0.2, -0.15) is 0 Å². The van der Waals surface area contributed by atoms with Crippen molar-refractivity contribution in [2.45, 2.75) is 108 Å². The molecule has 0 aromatic heterocycles. The minimum absolute atomic E-state index is 0.589. The van der Waals surface area contributed by atoms with Crippen molar-refractivity contribution in [3.05, 3.63) is 59.2 Å². The van der Waals surface area contributed by atoms with Crippen LogP contribution in [0.15, 0.2) is 42.5 Å². The minimum atomic E-state index is 0.589. The van der Waals surface area contributed by atoms with E-state index in [1.165, 1.54) is 62.0 Å². The largest absolute Gasteiger partial charge is 0.493 e. The number of aryl methyl sites for hydroxylation is 3. The first kappa shape index (κ1) is 34.2.